The van der Waals surface area contributed by atoms with E-state index < -0.39 is 0 Å². The van der Waals surface area contributed by atoms with Crippen LogP contribution in [0.3, 0.4) is 0 Å². The van der Waals surface area contributed by atoms with E-state index in [2.05, 4.69) is 85.9 Å². The molecule has 2 saturated carbocycles. The highest BCUT2D eigenvalue weighted by Gasteiger charge is 2.67. The lowest BCUT2D eigenvalue weighted by Crippen LogP contribution is -2.49. The third-order valence-electron chi connectivity index (χ3n) is 9.37. The molecule has 0 radical (unpaired) electrons. The lowest BCUT2D eigenvalue weighted by atomic mass is 9.63. The Morgan fingerprint density at radius 1 is 0.882 bits per heavy atom. The van der Waals surface area contributed by atoms with Crippen LogP contribution < -0.4 is 5.32 Å². The Hall–Kier alpha value is -3.14. The molecule has 2 bridgehead atoms. The van der Waals surface area contributed by atoms with Gasteiger partial charge in [0.25, 0.3) is 0 Å². The summed E-state index contributed by atoms with van der Waals surface area (Å²) < 4.78 is 0. The molecule has 0 saturated heterocycles. The molecule has 34 heavy (non-hydrogen) atoms. The maximum atomic E-state index is 6.44. The average molecular weight is 450 g/mol. The third kappa shape index (κ3) is 2.77. The van der Waals surface area contributed by atoms with Gasteiger partial charge in [0.2, 0.25) is 0 Å². The molecule has 4 aliphatic rings. The van der Waals surface area contributed by atoms with Crippen molar-refractivity contribution in [2.24, 2.45) is 27.4 Å². The summed E-state index contributed by atoms with van der Waals surface area (Å²) >= 11 is 0. The number of rotatable bonds is 2. The van der Waals surface area contributed by atoms with E-state index in [1.54, 1.807) is 0 Å². The van der Waals surface area contributed by atoms with Gasteiger partial charge in [-0.2, -0.15) is 0 Å². The molecule has 2 aliphatic carbocycles. The third-order valence-corrected chi connectivity index (χ3v) is 9.37. The maximum absolute atomic E-state index is 6.44. The molecule has 2 aliphatic heterocycles. The van der Waals surface area contributed by atoms with Gasteiger partial charge in [-0.05, 0) is 53.6 Å². The highest BCUT2D eigenvalue weighted by atomic mass is 16.7. The van der Waals surface area contributed by atoms with Crippen LogP contribution in [0.25, 0.3) is 10.8 Å². The number of nitrogens with zero attached hydrogens (tertiary/aromatic N) is 2. The first-order valence-corrected chi connectivity index (χ1v) is 12.7. The summed E-state index contributed by atoms with van der Waals surface area (Å²) in [6.45, 7) is 4.81. The largest absolute Gasteiger partial charge is 0.388 e. The minimum atomic E-state index is -0.165. The molecule has 3 aromatic carbocycles. The van der Waals surface area contributed by atoms with Gasteiger partial charge < -0.3 is 10.2 Å². The summed E-state index contributed by atoms with van der Waals surface area (Å²) in [6.07, 6.45) is 5.55. The molecule has 0 amide bonds. The average Bonchev–Trinajstić information content (AvgIpc) is 3.53. The van der Waals surface area contributed by atoms with Crippen LogP contribution >= 0.6 is 0 Å². The van der Waals surface area contributed by atoms with Crippen molar-refractivity contribution < 1.29 is 4.84 Å². The van der Waals surface area contributed by atoms with Crippen molar-refractivity contribution >= 4 is 33.6 Å². The summed E-state index contributed by atoms with van der Waals surface area (Å²) in [5, 5.41) is 11.1. The Morgan fingerprint density at radius 2 is 1.68 bits per heavy atom. The summed E-state index contributed by atoms with van der Waals surface area (Å²) in [4.78, 5) is 11.6. The second-order valence-electron chi connectivity index (χ2n) is 11.2. The first-order valence-electron chi connectivity index (χ1n) is 12.7. The monoisotopic (exact) mass is 449 g/mol. The van der Waals surface area contributed by atoms with Crippen LogP contribution in [-0.4, -0.2) is 17.0 Å². The highest BCUT2D eigenvalue weighted by Crippen LogP contribution is 2.65. The van der Waals surface area contributed by atoms with Gasteiger partial charge in [0.05, 0.1) is 23.1 Å². The van der Waals surface area contributed by atoms with E-state index >= 15 is 0 Å². The fraction of sp³-hybridized carbons (Fsp3) is 0.400. The van der Waals surface area contributed by atoms with Crippen molar-refractivity contribution in [3.05, 3.63) is 72.3 Å². The quantitative estimate of drug-likeness (QED) is 0.442. The van der Waals surface area contributed by atoms with Crippen LogP contribution in [0, 0.1) is 17.3 Å². The number of para-hydroxylation sites is 2. The van der Waals surface area contributed by atoms with Gasteiger partial charge in [0.15, 0.2) is 5.60 Å². The molecule has 4 unspecified atom stereocenters. The minimum absolute atomic E-state index is 0.112. The Labute approximate surface area is 201 Å². The van der Waals surface area contributed by atoms with Crippen molar-refractivity contribution in [2.75, 3.05) is 5.32 Å². The summed E-state index contributed by atoms with van der Waals surface area (Å²) in [7, 11) is 0. The number of anilines is 1. The Morgan fingerprint density at radius 3 is 2.56 bits per heavy atom. The van der Waals surface area contributed by atoms with Crippen molar-refractivity contribution in [3.8, 4) is 0 Å². The van der Waals surface area contributed by atoms with Gasteiger partial charge in [-0.15, -0.1) is 0 Å². The van der Waals surface area contributed by atoms with Crippen LogP contribution in [0.5, 0.6) is 0 Å². The van der Waals surface area contributed by atoms with E-state index in [0.717, 1.165) is 41.6 Å². The van der Waals surface area contributed by atoms with Crippen LogP contribution in [0.1, 0.15) is 57.6 Å². The van der Waals surface area contributed by atoms with Crippen LogP contribution in [0.15, 0.2) is 76.9 Å². The molecule has 2 fully saturated rings. The number of benzene rings is 3. The van der Waals surface area contributed by atoms with Gasteiger partial charge in [-0.25, -0.2) is 4.99 Å². The van der Waals surface area contributed by atoms with E-state index in [9.17, 15) is 0 Å². The summed E-state index contributed by atoms with van der Waals surface area (Å²) in [5.41, 5.74) is 5.45. The molecular weight excluding hydrogens is 418 g/mol. The van der Waals surface area contributed by atoms with E-state index in [-0.39, 0.29) is 17.1 Å². The summed E-state index contributed by atoms with van der Waals surface area (Å²) in [6, 6.07) is 23.7. The minimum Gasteiger partial charge on any atom is -0.388 e. The molecule has 4 nitrogen and oxygen atoms in total. The molecule has 2 heterocycles. The number of hydrogen-bond acceptors (Lipinski definition) is 4. The number of aliphatic imine (C=N–C) groups is 1. The van der Waals surface area contributed by atoms with Crippen LogP contribution in [0.4, 0.5) is 11.4 Å². The van der Waals surface area contributed by atoms with E-state index in [1.165, 1.54) is 35.6 Å². The zero-order chi connectivity index (χ0) is 22.9. The van der Waals surface area contributed by atoms with Gasteiger partial charge in [-0.3, -0.25) is 0 Å². The SMILES string of the molecule is CC1(C)C2CCC(C2)C12CC(C1=Nc3ccccc3NC(c3cccc4ccccc34)C1)=NO2. The van der Waals surface area contributed by atoms with Crippen LogP contribution in [-0.2, 0) is 4.84 Å². The van der Waals surface area contributed by atoms with Crippen molar-refractivity contribution in [1.29, 1.82) is 0 Å². The molecule has 172 valence electrons. The Balaban J connectivity index is 1.29. The predicted molar refractivity (Wildman–Crippen MR) is 139 cm³/mol. The van der Waals surface area contributed by atoms with Gasteiger partial charge >= 0.3 is 0 Å². The Bertz CT molecular complexity index is 1350. The van der Waals surface area contributed by atoms with Crippen LogP contribution in [0.2, 0.25) is 0 Å². The lowest BCUT2D eigenvalue weighted by molar-refractivity contribution is -0.135. The molecule has 4 heteroatoms. The van der Waals surface area contributed by atoms with E-state index in [4.69, 9.17) is 15.0 Å². The van der Waals surface area contributed by atoms with Gasteiger partial charge in [0, 0.05) is 24.2 Å². The zero-order valence-electron chi connectivity index (χ0n) is 19.9. The number of hydrogen-bond donors (Lipinski definition) is 1. The number of fused-ring (bicyclic) bond motifs is 5. The fourth-order valence-corrected chi connectivity index (χ4v) is 7.34. The highest BCUT2D eigenvalue weighted by molar-refractivity contribution is 6.43. The molecular formula is C30H31N3O. The van der Waals surface area contributed by atoms with Crippen molar-refractivity contribution in [2.45, 2.75) is 57.6 Å². The van der Waals surface area contributed by atoms with E-state index in [0.29, 0.717) is 5.92 Å². The first-order chi connectivity index (χ1) is 16.5. The number of nitrogens with one attached hydrogen (secondary N) is 1. The second kappa shape index (κ2) is 7.18. The smallest absolute Gasteiger partial charge is 0.151 e. The number of oxime groups is 1. The Kier molecular flexibility index (Phi) is 4.28. The molecule has 4 atom stereocenters. The predicted octanol–water partition coefficient (Wildman–Crippen LogP) is 7.44. The maximum Gasteiger partial charge on any atom is 0.151 e. The molecule has 1 spiro atoms. The first kappa shape index (κ1) is 20.3. The standard InChI is InChI=1S/C30H31N3O/c1-29(2)20-14-15-21(16-20)30(29)18-28(33-34-30)27-17-26(31-24-12-5-6-13-25(24)32-27)23-11-7-9-19-8-3-4-10-22(19)23/h3-13,20-21,26,31H,14-18H2,1-2H3. The van der Waals surface area contributed by atoms with Crippen molar-refractivity contribution in [3.63, 3.8) is 0 Å². The fourth-order valence-electron chi connectivity index (χ4n) is 7.34. The van der Waals surface area contributed by atoms with Crippen molar-refractivity contribution in [1.82, 2.24) is 0 Å². The molecule has 0 aromatic heterocycles. The molecule has 1 N–H and O–H groups in total. The van der Waals surface area contributed by atoms with E-state index in [1.807, 2.05) is 0 Å². The topological polar surface area (TPSA) is 46.0 Å². The van der Waals surface area contributed by atoms with Gasteiger partial charge in [-0.1, -0.05) is 73.6 Å². The summed E-state index contributed by atoms with van der Waals surface area (Å²) in [5.74, 6) is 1.35. The van der Waals surface area contributed by atoms with Gasteiger partial charge in [0.1, 0.15) is 5.71 Å². The molecule has 3 aromatic rings. The lowest BCUT2D eigenvalue weighted by Gasteiger charge is -2.44. The normalized spacial score (nSPS) is 30.9. The zero-order valence-corrected chi connectivity index (χ0v) is 19.9. The molecule has 7 rings (SSSR count). The second-order valence-corrected chi connectivity index (χ2v) is 11.2.